The minimum absolute atomic E-state index is 0.000994. The number of nitrogens with zero attached hydrogens (tertiary/aromatic N) is 6. The lowest BCUT2D eigenvalue weighted by Gasteiger charge is -2.35. The molecule has 1 amide bonds. The van der Waals surface area contributed by atoms with E-state index in [-0.39, 0.29) is 12.5 Å². The van der Waals surface area contributed by atoms with Crippen molar-refractivity contribution in [3.8, 4) is 11.6 Å². The van der Waals surface area contributed by atoms with Crippen LogP contribution in [-0.4, -0.2) is 63.3 Å². The molecule has 3 aromatic rings. The third kappa shape index (κ3) is 4.11. The van der Waals surface area contributed by atoms with Crippen LogP contribution >= 0.6 is 0 Å². The highest BCUT2D eigenvalue weighted by Gasteiger charge is 2.22. The van der Waals surface area contributed by atoms with Crippen molar-refractivity contribution in [2.75, 3.05) is 37.7 Å². The van der Waals surface area contributed by atoms with E-state index < -0.39 is 0 Å². The van der Waals surface area contributed by atoms with Crippen LogP contribution in [0.3, 0.4) is 0 Å². The maximum absolute atomic E-state index is 12.5. The van der Waals surface area contributed by atoms with Gasteiger partial charge in [-0.1, -0.05) is 12.1 Å². The first-order chi connectivity index (χ1) is 13.7. The van der Waals surface area contributed by atoms with Crippen molar-refractivity contribution >= 4 is 11.7 Å². The summed E-state index contributed by atoms with van der Waals surface area (Å²) >= 11 is 0. The third-order valence-electron chi connectivity index (χ3n) is 4.69. The van der Waals surface area contributed by atoms with Gasteiger partial charge in [-0.2, -0.15) is 5.10 Å². The maximum Gasteiger partial charge on any atom is 0.260 e. The summed E-state index contributed by atoms with van der Waals surface area (Å²) in [6, 6.07) is 11.5. The van der Waals surface area contributed by atoms with E-state index in [1.807, 2.05) is 54.4 Å². The summed E-state index contributed by atoms with van der Waals surface area (Å²) in [5.41, 5.74) is 1.11. The molecule has 0 bridgehead atoms. The molecule has 1 fully saturated rings. The Morgan fingerprint density at radius 1 is 1.07 bits per heavy atom. The van der Waals surface area contributed by atoms with Gasteiger partial charge in [-0.25, -0.2) is 14.6 Å². The van der Waals surface area contributed by atoms with E-state index in [4.69, 9.17) is 4.74 Å². The minimum atomic E-state index is 0.000994. The number of carbonyl (C=O) groups excluding carboxylic acids is 1. The van der Waals surface area contributed by atoms with Crippen LogP contribution in [0.5, 0.6) is 5.75 Å². The lowest BCUT2D eigenvalue weighted by atomic mass is 10.2. The van der Waals surface area contributed by atoms with Gasteiger partial charge in [0, 0.05) is 44.6 Å². The lowest BCUT2D eigenvalue weighted by molar-refractivity contribution is -0.133. The van der Waals surface area contributed by atoms with Gasteiger partial charge in [0.1, 0.15) is 17.9 Å². The monoisotopic (exact) mass is 378 g/mol. The molecule has 1 aromatic carbocycles. The van der Waals surface area contributed by atoms with Crippen molar-refractivity contribution in [3.63, 3.8) is 0 Å². The molecule has 0 atom stereocenters. The van der Waals surface area contributed by atoms with E-state index in [1.165, 1.54) is 0 Å². The van der Waals surface area contributed by atoms with Crippen LogP contribution in [0.1, 0.15) is 5.56 Å². The average molecular weight is 378 g/mol. The van der Waals surface area contributed by atoms with Crippen LogP contribution in [0.2, 0.25) is 0 Å². The molecule has 0 radical (unpaired) electrons. The molecular weight excluding hydrogens is 356 g/mol. The van der Waals surface area contributed by atoms with Crippen LogP contribution in [0.15, 0.2) is 55.1 Å². The Hall–Kier alpha value is -3.42. The molecule has 2 aromatic heterocycles. The molecule has 0 aliphatic carbocycles. The van der Waals surface area contributed by atoms with Gasteiger partial charge >= 0.3 is 0 Å². The number of rotatable bonds is 5. The standard InChI is InChI=1S/C20H22N6O2/c1-16-4-2-5-17(12-16)28-14-20(27)25-10-8-24(9-11-25)18-13-19(22-15-21-18)26-7-3-6-23-26/h2-7,12-13,15H,8-11,14H2,1H3. The Labute approximate surface area is 163 Å². The zero-order valence-corrected chi connectivity index (χ0v) is 15.7. The second kappa shape index (κ2) is 8.08. The number of benzene rings is 1. The first kappa shape index (κ1) is 18.0. The number of aromatic nitrogens is 4. The summed E-state index contributed by atoms with van der Waals surface area (Å²) in [5.74, 6) is 2.28. The summed E-state index contributed by atoms with van der Waals surface area (Å²) < 4.78 is 7.34. The minimum Gasteiger partial charge on any atom is -0.484 e. The quantitative estimate of drug-likeness (QED) is 0.673. The molecule has 144 valence electrons. The molecule has 0 unspecified atom stereocenters. The van der Waals surface area contributed by atoms with Gasteiger partial charge in [0.05, 0.1) is 0 Å². The van der Waals surface area contributed by atoms with E-state index >= 15 is 0 Å². The number of anilines is 1. The molecule has 0 saturated carbocycles. The van der Waals surface area contributed by atoms with Crippen LogP contribution < -0.4 is 9.64 Å². The largest absolute Gasteiger partial charge is 0.484 e. The lowest BCUT2D eigenvalue weighted by Crippen LogP contribution is -2.50. The molecule has 0 spiro atoms. The van der Waals surface area contributed by atoms with E-state index in [9.17, 15) is 4.79 Å². The second-order valence-electron chi connectivity index (χ2n) is 6.66. The van der Waals surface area contributed by atoms with Crippen molar-refractivity contribution < 1.29 is 9.53 Å². The van der Waals surface area contributed by atoms with E-state index in [0.717, 1.165) is 22.9 Å². The van der Waals surface area contributed by atoms with Crippen molar-refractivity contribution in [3.05, 3.63) is 60.7 Å². The van der Waals surface area contributed by atoms with Crippen molar-refractivity contribution in [1.29, 1.82) is 0 Å². The Balaban J connectivity index is 1.32. The highest BCUT2D eigenvalue weighted by molar-refractivity contribution is 5.78. The number of ether oxygens (including phenoxy) is 1. The summed E-state index contributed by atoms with van der Waals surface area (Å²) in [7, 11) is 0. The zero-order chi connectivity index (χ0) is 19.3. The SMILES string of the molecule is Cc1cccc(OCC(=O)N2CCN(c3cc(-n4cccn4)ncn3)CC2)c1. The highest BCUT2D eigenvalue weighted by Crippen LogP contribution is 2.16. The van der Waals surface area contributed by atoms with Gasteiger partial charge < -0.3 is 14.5 Å². The Bertz CT molecular complexity index is 935. The number of amides is 1. The molecule has 8 nitrogen and oxygen atoms in total. The van der Waals surface area contributed by atoms with Crippen LogP contribution in [0.4, 0.5) is 5.82 Å². The first-order valence-corrected chi connectivity index (χ1v) is 9.23. The van der Waals surface area contributed by atoms with Crippen LogP contribution in [0, 0.1) is 6.92 Å². The molecule has 1 aliphatic heterocycles. The molecule has 1 aliphatic rings. The van der Waals surface area contributed by atoms with E-state index in [2.05, 4.69) is 20.0 Å². The predicted octanol–water partition coefficient (Wildman–Crippen LogP) is 1.70. The van der Waals surface area contributed by atoms with E-state index in [0.29, 0.717) is 26.2 Å². The predicted molar refractivity (Wildman–Crippen MR) is 105 cm³/mol. The normalized spacial score (nSPS) is 14.2. The number of hydrogen-bond donors (Lipinski definition) is 0. The van der Waals surface area contributed by atoms with Gasteiger partial charge in [-0.15, -0.1) is 0 Å². The molecule has 1 saturated heterocycles. The molecule has 0 N–H and O–H groups in total. The van der Waals surface area contributed by atoms with E-state index in [1.54, 1.807) is 17.2 Å². The number of hydrogen-bond acceptors (Lipinski definition) is 6. The summed E-state index contributed by atoms with van der Waals surface area (Å²) in [6.45, 7) is 4.75. The Morgan fingerprint density at radius 3 is 2.64 bits per heavy atom. The summed E-state index contributed by atoms with van der Waals surface area (Å²) in [4.78, 5) is 25.1. The smallest absolute Gasteiger partial charge is 0.260 e. The topological polar surface area (TPSA) is 76.4 Å². The third-order valence-corrected chi connectivity index (χ3v) is 4.69. The summed E-state index contributed by atoms with van der Waals surface area (Å²) in [6.07, 6.45) is 5.10. The van der Waals surface area contributed by atoms with Gasteiger partial charge in [-0.3, -0.25) is 4.79 Å². The maximum atomic E-state index is 12.5. The first-order valence-electron chi connectivity index (χ1n) is 9.23. The van der Waals surface area contributed by atoms with Gasteiger partial charge in [0.2, 0.25) is 0 Å². The zero-order valence-electron chi connectivity index (χ0n) is 15.7. The Morgan fingerprint density at radius 2 is 1.89 bits per heavy atom. The fraction of sp³-hybridized carbons (Fsp3) is 0.300. The molecular formula is C20H22N6O2. The molecule has 3 heterocycles. The van der Waals surface area contributed by atoms with Crippen molar-refractivity contribution in [2.45, 2.75) is 6.92 Å². The molecule has 28 heavy (non-hydrogen) atoms. The fourth-order valence-electron chi connectivity index (χ4n) is 3.17. The molecule has 4 rings (SSSR count). The van der Waals surface area contributed by atoms with Crippen molar-refractivity contribution in [1.82, 2.24) is 24.6 Å². The fourth-order valence-corrected chi connectivity index (χ4v) is 3.17. The summed E-state index contributed by atoms with van der Waals surface area (Å²) in [5, 5.41) is 4.20. The second-order valence-corrected chi connectivity index (χ2v) is 6.66. The number of carbonyl (C=O) groups is 1. The van der Waals surface area contributed by atoms with Gasteiger partial charge in [0.25, 0.3) is 5.91 Å². The van der Waals surface area contributed by atoms with Crippen LogP contribution in [-0.2, 0) is 4.79 Å². The Kier molecular flexibility index (Phi) is 5.18. The average Bonchev–Trinajstić information content (AvgIpc) is 3.27. The highest BCUT2D eigenvalue weighted by atomic mass is 16.5. The molecule has 8 heteroatoms. The number of aryl methyl sites for hydroxylation is 1. The van der Waals surface area contributed by atoms with Crippen molar-refractivity contribution in [2.24, 2.45) is 0 Å². The number of piperazine rings is 1. The van der Waals surface area contributed by atoms with Gasteiger partial charge in [-0.05, 0) is 30.7 Å². The van der Waals surface area contributed by atoms with Gasteiger partial charge in [0.15, 0.2) is 12.4 Å². The van der Waals surface area contributed by atoms with Crippen LogP contribution in [0.25, 0.3) is 5.82 Å².